The van der Waals surface area contributed by atoms with Crippen LogP contribution in [-0.4, -0.2) is 28.3 Å². The first-order valence-corrected chi connectivity index (χ1v) is 8.62. The Bertz CT molecular complexity index is 618. The van der Waals surface area contributed by atoms with E-state index in [-0.39, 0.29) is 6.04 Å². The Balaban J connectivity index is 1.63. The molecule has 2 aromatic rings. The van der Waals surface area contributed by atoms with E-state index in [0.717, 1.165) is 39.4 Å². The summed E-state index contributed by atoms with van der Waals surface area (Å²) in [4.78, 5) is 4.43. The van der Waals surface area contributed by atoms with E-state index in [1.807, 2.05) is 18.2 Å². The lowest BCUT2D eigenvalue weighted by atomic mass is 10.1. The van der Waals surface area contributed by atoms with Gasteiger partial charge in [0.1, 0.15) is 19.0 Å². The number of aromatic nitrogens is 2. The molecule has 1 aliphatic rings. The molecule has 1 aromatic carbocycles. The minimum absolute atomic E-state index is 0.0696. The third-order valence-corrected chi connectivity index (χ3v) is 5.14. The lowest BCUT2D eigenvalue weighted by molar-refractivity contribution is 0.171. The summed E-state index contributed by atoms with van der Waals surface area (Å²) in [7, 11) is 0. The molecule has 0 bridgehead atoms. The SMILES string of the molecule is CCc1nsc(SCC(N)c2ccc3c(c2)OCCO3)n1. The maximum absolute atomic E-state index is 6.25. The fraction of sp³-hybridized carbons (Fsp3) is 0.429. The van der Waals surface area contributed by atoms with Crippen molar-refractivity contribution in [1.29, 1.82) is 0 Å². The van der Waals surface area contributed by atoms with E-state index in [0.29, 0.717) is 13.2 Å². The van der Waals surface area contributed by atoms with Gasteiger partial charge in [-0.05, 0) is 29.2 Å². The average molecular weight is 323 g/mol. The maximum atomic E-state index is 6.25. The van der Waals surface area contributed by atoms with E-state index < -0.39 is 0 Å². The standard InChI is InChI=1S/C14H17N3O2S2/c1-2-13-16-14(21-17-13)20-8-10(15)9-3-4-11-12(7-9)19-6-5-18-11/h3-4,7,10H,2,5-6,8,15H2,1H3. The van der Waals surface area contributed by atoms with Crippen LogP contribution in [0, 0.1) is 0 Å². The van der Waals surface area contributed by atoms with Crippen LogP contribution < -0.4 is 15.2 Å². The van der Waals surface area contributed by atoms with Gasteiger partial charge in [-0.25, -0.2) is 4.98 Å². The van der Waals surface area contributed by atoms with Gasteiger partial charge in [-0.15, -0.1) is 0 Å². The molecule has 0 radical (unpaired) electrons. The summed E-state index contributed by atoms with van der Waals surface area (Å²) in [5.74, 6) is 3.23. The number of nitrogens with zero attached hydrogens (tertiary/aromatic N) is 2. The number of rotatable bonds is 5. The second-order valence-electron chi connectivity index (χ2n) is 4.65. The van der Waals surface area contributed by atoms with Crippen molar-refractivity contribution >= 4 is 23.3 Å². The predicted molar refractivity (Wildman–Crippen MR) is 84.4 cm³/mol. The van der Waals surface area contributed by atoms with Crippen molar-refractivity contribution < 1.29 is 9.47 Å². The lowest BCUT2D eigenvalue weighted by Crippen LogP contribution is -2.17. The molecule has 112 valence electrons. The van der Waals surface area contributed by atoms with Crippen molar-refractivity contribution in [3.05, 3.63) is 29.6 Å². The van der Waals surface area contributed by atoms with Gasteiger partial charge in [0.05, 0.1) is 0 Å². The van der Waals surface area contributed by atoms with E-state index in [9.17, 15) is 0 Å². The van der Waals surface area contributed by atoms with Gasteiger partial charge in [0.15, 0.2) is 15.8 Å². The maximum Gasteiger partial charge on any atom is 0.170 e. The molecule has 1 atom stereocenters. The molecule has 1 aliphatic heterocycles. The zero-order valence-electron chi connectivity index (χ0n) is 11.7. The number of ether oxygens (including phenoxy) is 2. The third-order valence-electron chi connectivity index (χ3n) is 3.15. The molecule has 0 saturated carbocycles. The molecule has 3 rings (SSSR count). The van der Waals surface area contributed by atoms with Crippen LogP contribution in [0.2, 0.25) is 0 Å². The number of hydrogen-bond donors (Lipinski definition) is 1. The molecule has 0 aliphatic carbocycles. The van der Waals surface area contributed by atoms with E-state index in [1.54, 1.807) is 11.8 Å². The number of fused-ring (bicyclic) bond motifs is 1. The van der Waals surface area contributed by atoms with Gasteiger partial charge in [0.25, 0.3) is 0 Å². The Morgan fingerprint density at radius 2 is 2.14 bits per heavy atom. The van der Waals surface area contributed by atoms with Crippen LogP contribution in [0.5, 0.6) is 11.5 Å². The summed E-state index contributed by atoms with van der Waals surface area (Å²) in [5, 5.41) is 0. The van der Waals surface area contributed by atoms with E-state index in [2.05, 4.69) is 16.3 Å². The highest BCUT2D eigenvalue weighted by Gasteiger charge is 2.15. The van der Waals surface area contributed by atoms with Crippen LogP contribution in [0.4, 0.5) is 0 Å². The molecule has 2 heterocycles. The van der Waals surface area contributed by atoms with Gasteiger partial charge in [0.2, 0.25) is 0 Å². The van der Waals surface area contributed by atoms with Crippen LogP contribution in [0.15, 0.2) is 22.5 Å². The Labute approximate surface area is 132 Å². The molecule has 21 heavy (non-hydrogen) atoms. The molecule has 2 N–H and O–H groups in total. The molecule has 5 nitrogen and oxygen atoms in total. The second-order valence-corrected chi connectivity index (χ2v) is 6.67. The van der Waals surface area contributed by atoms with Gasteiger partial charge in [0, 0.05) is 18.2 Å². The van der Waals surface area contributed by atoms with E-state index in [1.165, 1.54) is 11.5 Å². The lowest BCUT2D eigenvalue weighted by Gasteiger charge is -2.20. The topological polar surface area (TPSA) is 70.3 Å². The molecule has 1 aromatic heterocycles. The second kappa shape index (κ2) is 6.64. The van der Waals surface area contributed by atoms with E-state index in [4.69, 9.17) is 15.2 Å². The number of aryl methyl sites for hydroxylation is 1. The number of thioether (sulfide) groups is 1. The predicted octanol–water partition coefficient (Wildman–Crippen LogP) is 2.66. The first kappa shape index (κ1) is 14.6. The minimum atomic E-state index is -0.0696. The highest BCUT2D eigenvalue weighted by molar-refractivity contribution is 8.00. The first-order chi connectivity index (χ1) is 10.3. The summed E-state index contributed by atoms with van der Waals surface area (Å²) in [6.45, 7) is 3.24. The zero-order chi connectivity index (χ0) is 14.7. The zero-order valence-corrected chi connectivity index (χ0v) is 13.4. The molecule has 0 fully saturated rings. The molecule has 1 unspecified atom stereocenters. The summed E-state index contributed by atoms with van der Waals surface area (Å²) in [6.07, 6.45) is 0.866. The summed E-state index contributed by atoms with van der Waals surface area (Å²) < 4.78 is 16.3. The highest BCUT2D eigenvalue weighted by Crippen LogP contribution is 2.33. The van der Waals surface area contributed by atoms with Crippen molar-refractivity contribution in [1.82, 2.24) is 9.36 Å². The Morgan fingerprint density at radius 1 is 1.33 bits per heavy atom. The monoisotopic (exact) mass is 323 g/mol. The molecule has 0 spiro atoms. The first-order valence-electron chi connectivity index (χ1n) is 6.86. The molecule has 0 amide bonds. The van der Waals surface area contributed by atoms with Crippen LogP contribution in [0.1, 0.15) is 24.4 Å². The van der Waals surface area contributed by atoms with Gasteiger partial charge in [-0.1, -0.05) is 24.8 Å². The van der Waals surface area contributed by atoms with Crippen molar-refractivity contribution in [2.45, 2.75) is 23.7 Å². The van der Waals surface area contributed by atoms with Gasteiger partial charge < -0.3 is 15.2 Å². The Hall–Kier alpha value is -1.31. The molecule has 0 saturated heterocycles. The van der Waals surface area contributed by atoms with Crippen LogP contribution in [0.3, 0.4) is 0 Å². The number of nitrogens with two attached hydrogens (primary N) is 1. The summed E-state index contributed by atoms with van der Waals surface area (Å²) in [6, 6.07) is 5.82. The Kier molecular flexibility index (Phi) is 4.62. The molecular weight excluding hydrogens is 306 g/mol. The smallest absolute Gasteiger partial charge is 0.170 e. The van der Waals surface area contributed by atoms with Crippen LogP contribution in [-0.2, 0) is 6.42 Å². The van der Waals surface area contributed by atoms with Crippen molar-refractivity contribution in [2.24, 2.45) is 5.73 Å². The van der Waals surface area contributed by atoms with Gasteiger partial charge in [-0.3, -0.25) is 0 Å². The summed E-state index contributed by atoms with van der Waals surface area (Å²) >= 11 is 3.08. The average Bonchev–Trinajstić information content (AvgIpc) is 3.00. The molecule has 7 heteroatoms. The quantitative estimate of drug-likeness (QED) is 0.853. The van der Waals surface area contributed by atoms with Crippen molar-refractivity contribution in [3.8, 4) is 11.5 Å². The van der Waals surface area contributed by atoms with Gasteiger partial charge >= 0.3 is 0 Å². The number of benzene rings is 1. The fourth-order valence-corrected chi connectivity index (χ4v) is 3.70. The van der Waals surface area contributed by atoms with Crippen molar-refractivity contribution in [2.75, 3.05) is 19.0 Å². The van der Waals surface area contributed by atoms with E-state index >= 15 is 0 Å². The number of hydrogen-bond acceptors (Lipinski definition) is 7. The largest absolute Gasteiger partial charge is 0.486 e. The van der Waals surface area contributed by atoms with Crippen LogP contribution in [0.25, 0.3) is 0 Å². The fourth-order valence-electron chi connectivity index (χ4n) is 1.99. The highest BCUT2D eigenvalue weighted by atomic mass is 32.2. The Morgan fingerprint density at radius 3 is 2.90 bits per heavy atom. The normalized spacial score (nSPS) is 15.0. The van der Waals surface area contributed by atoms with Crippen LogP contribution >= 0.6 is 23.3 Å². The minimum Gasteiger partial charge on any atom is -0.486 e. The third kappa shape index (κ3) is 3.48. The molecular formula is C14H17N3O2S2. The summed E-state index contributed by atoms with van der Waals surface area (Å²) in [5.41, 5.74) is 7.30. The van der Waals surface area contributed by atoms with Gasteiger partial charge in [-0.2, -0.15) is 4.37 Å². The van der Waals surface area contributed by atoms with Crippen molar-refractivity contribution in [3.63, 3.8) is 0 Å².